The maximum atomic E-state index is 12.8. The summed E-state index contributed by atoms with van der Waals surface area (Å²) in [5.74, 6) is 1.62. The van der Waals surface area contributed by atoms with Crippen molar-refractivity contribution in [2.75, 3.05) is 13.1 Å². The maximum absolute atomic E-state index is 12.8. The molecule has 2 aromatic rings. The number of nitrogens with zero attached hydrogens (tertiary/aromatic N) is 3. The van der Waals surface area contributed by atoms with Crippen LogP contribution >= 0.6 is 0 Å². The SMILES string of the molecule is CCc1[nH]ccc1C(=O)N1CCCC(O)(Cc2nc(C3CC3)no2)C1. The van der Waals surface area contributed by atoms with E-state index in [-0.39, 0.29) is 5.91 Å². The number of aromatic amines is 1. The largest absolute Gasteiger partial charge is 0.388 e. The second-order valence-corrected chi connectivity index (χ2v) is 7.28. The molecule has 7 nitrogen and oxygen atoms in total. The van der Waals surface area contributed by atoms with Gasteiger partial charge in [-0.15, -0.1) is 0 Å². The number of H-pyrrole nitrogens is 1. The van der Waals surface area contributed by atoms with Gasteiger partial charge in [0.2, 0.25) is 5.89 Å². The van der Waals surface area contributed by atoms with Gasteiger partial charge in [0.1, 0.15) is 0 Å². The minimum atomic E-state index is -1.01. The molecule has 4 rings (SSSR count). The molecular weight excluding hydrogens is 320 g/mol. The summed E-state index contributed by atoms with van der Waals surface area (Å²) in [5, 5.41) is 15.0. The third-order valence-electron chi connectivity index (χ3n) is 5.17. The minimum Gasteiger partial charge on any atom is -0.388 e. The topological polar surface area (TPSA) is 95.2 Å². The van der Waals surface area contributed by atoms with Crippen LogP contribution in [-0.2, 0) is 12.8 Å². The van der Waals surface area contributed by atoms with Gasteiger partial charge in [-0.05, 0) is 38.2 Å². The molecule has 2 fully saturated rings. The minimum absolute atomic E-state index is 0.0274. The fourth-order valence-corrected chi connectivity index (χ4v) is 3.63. The van der Waals surface area contributed by atoms with Gasteiger partial charge >= 0.3 is 0 Å². The van der Waals surface area contributed by atoms with Crippen LogP contribution in [0.3, 0.4) is 0 Å². The lowest BCUT2D eigenvalue weighted by Gasteiger charge is -2.38. The predicted molar refractivity (Wildman–Crippen MR) is 90.2 cm³/mol. The number of aliphatic hydroxyl groups is 1. The molecule has 1 unspecified atom stereocenters. The highest BCUT2D eigenvalue weighted by molar-refractivity contribution is 5.95. The molecule has 1 saturated heterocycles. The van der Waals surface area contributed by atoms with Crippen molar-refractivity contribution < 1.29 is 14.4 Å². The van der Waals surface area contributed by atoms with Gasteiger partial charge in [-0.25, -0.2) is 0 Å². The maximum Gasteiger partial charge on any atom is 0.255 e. The number of rotatable bonds is 5. The highest BCUT2D eigenvalue weighted by Crippen LogP contribution is 2.38. The Morgan fingerprint density at radius 1 is 1.52 bits per heavy atom. The summed E-state index contributed by atoms with van der Waals surface area (Å²) in [6.45, 7) is 2.97. The number of likely N-dealkylation sites (tertiary alicyclic amines) is 1. The standard InChI is InChI=1S/C18H24N4O3/c1-2-14-13(6-8-19-14)17(23)22-9-3-7-18(24,11-22)10-15-20-16(21-25-15)12-4-5-12/h6,8,12,19,24H,2-5,7,9-11H2,1H3. The number of piperidine rings is 1. The Morgan fingerprint density at radius 2 is 2.36 bits per heavy atom. The molecule has 1 aliphatic heterocycles. The Kier molecular flexibility index (Phi) is 4.11. The highest BCUT2D eigenvalue weighted by atomic mass is 16.5. The van der Waals surface area contributed by atoms with Crippen LogP contribution in [0.4, 0.5) is 0 Å². The van der Waals surface area contributed by atoms with Crippen LogP contribution in [0.2, 0.25) is 0 Å². The summed E-state index contributed by atoms with van der Waals surface area (Å²) < 4.78 is 5.31. The smallest absolute Gasteiger partial charge is 0.255 e. The third-order valence-corrected chi connectivity index (χ3v) is 5.17. The second kappa shape index (κ2) is 6.29. The van der Waals surface area contributed by atoms with Gasteiger partial charge in [0, 0.05) is 24.4 Å². The normalized spacial score (nSPS) is 23.8. The fraction of sp³-hybridized carbons (Fsp3) is 0.611. The molecule has 2 aromatic heterocycles. The number of aromatic nitrogens is 3. The summed E-state index contributed by atoms with van der Waals surface area (Å²) in [6, 6.07) is 1.81. The average molecular weight is 344 g/mol. The van der Waals surface area contributed by atoms with E-state index in [0.717, 1.165) is 37.2 Å². The molecule has 0 radical (unpaired) electrons. The number of nitrogens with one attached hydrogen (secondary N) is 1. The molecule has 0 spiro atoms. The Labute approximate surface area is 146 Å². The van der Waals surface area contributed by atoms with Crippen LogP contribution in [0.5, 0.6) is 0 Å². The van der Waals surface area contributed by atoms with Gasteiger partial charge in [-0.3, -0.25) is 4.79 Å². The van der Waals surface area contributed by atoms with Gasteiger partial charge in [0.05, 0.1) is 24.1 Å². The molecule has 0 aromatic carbocycles. The van der Waals surface area contributed by atoms with E-state index < -0.39 is 5.60 Å². The van der Waals surface area contributed by atoms with Crippen LogP contribution in [0.15, 0.2) is 16.8 Å². The zero-order chi connectivity index (χ0) is 17.4. The predicted octanol–water partition coefficient (Wildman–Crippen LogP) is 2.05. The van der Waals surface area contributed by atoms with E-state index in [1.807, 2.05) is 13.0 Å². The number of carbonyl (C=O) groups excluding carboxylic acids is 1. The quantitative estimate of drug-likeness (QED) is 0.865. The van der Waals surface area contributed by atoms with E-state index >= 15 is 0 Å². The van der Waals surface area contributed by atoms with Crippen molar-refractivity contribution in [3.05, 3.63) is 35.2 Å². The Bertz CT molecular complexity index is 764. The first-order valence-corrected chi connectivity index (χ1v) is 9.08. The number of hydrogen-bond acceptors (Lipinski definition) is 5. The lowest BCUT2D eigenvalue weighted by Crippen LogP contribution is -2.51. The zero-order valence-electron chi connectivity index (χ0n) is 14.5. The average Bonchev–Trinajstić information content (AvgIpc) is 3.16. The van der Waals surface area contributed by atoms with E-state index in [1.165, 1.54) is 0 Å². The van der Waals surface area contributed by atoms with Crippen LogP contribution in [-0.4, -0.2) is 49.7 Å². The molecule has 134 valence electrons. The summed E-state index contributed by atoms with van der Waals surface area (Å²) >= 11 is 0. The third kappa shape index (κ3) is 3.33. The van der Waals surface area contributed by atoms with Crippen LogP contribution in [0, 0.1) is 0 Å². The molecule has 2 N–H and O–H groups in total. The van der Waals surface area contributed by atoms with Gasteiger partial charge in [-0.2, -0.15) is 4.98 Å². The molecular formula is C18H24N4O3. The lowest BCUT2D eigenvalue weighted by atomic mass is 9.89. The van der Waals surface area contributed by atoms with Gasteiger partial charge in [0.25, 0.3) is 5.91 Å². The zero-order valence-corrected chi connectivity index (χ0v) is 14.5. The monoisotopic (exact) mass is 344 g/mol. The van der Waals surface area contributed by atoms with Crippen molar-refractivity contribution in [2.45, 2.75) is 57.0 Å². The van der Waals surface area contributed by atoms with Crippen molar-refractivity contribution in [2.24, 2.45) is 0 Å². The van der Waals surface area contributed by atoms with Gasteiger partial charge in [-0.1, -0.05) is 12.1 Å². The van der Waals surface area contributed by atoms with E-state index in [2.05, 4.69) is 15.1 Å². The van der Waals surface area contributed by atoms with Gasteiger partial charge in [0.15, 0.2) is 5.82 Å². The van der Waals surface area contributed by atoms with E-state index in [9.17, 15) is 9.90 Å². The second-order valence-electron chi connectivity index (χ2n) is 7.28. The first kappa shape index (κ1) is 16.3. The Hall–Kier alpha value is -2.15. The fourth-order valence-electron chi connectivity index (χ4n) is 3.63. The number of amides is 1. The summed E-state index contributed by atoms with van der Waals surface area (Å²) in [7, 11) is 0. The molecule has 3 heterocycles. The summed E-state index contributed by atoms with van der Waals surface area (Å²) in [6.07, 6.45) is 6.48. The Morgan fingerprint density at radius 3 is 3.12 bits per heavy atom. The first-order valence-electron chi connectivity index (χ1n) is 9.08. The molecule has 0 bridgehead atoms. The molecule has 1 atom stereocenters. The van der Waals surface area contributed by atoms with Crippen molar-refractivity contribution in [1.82, 2.24) is 20.0 Å². The molecule has 2 aliphatic rings. The molecule has 1 amide bonds. The molecule has 25 heavy (non-hydrogen) atoms. The van der Waals surface area contributed by atoms with Crippen molar-refractivity contribution in [3.63, 3.8) is 0 Å². The van der Waals surface area contributed by atoms with E-state index in [0.29, 0.717) is 43.3 Å². The van der Waals surface area contributed by atoms with Gasteiger partial charge < -0.3 is 19.5 Å². The molecule has 7 heteroatoms. The van der Waals surface area contributed by atoms with E-state index in [4.69, 9.17) is 4.52 Å². The summed E-state index contributed by atoms with van der Waals surface area (Å²) in [5.41, 5.74) is 0.620. The molecule has 1 saturated carbocycles. The number of carbonyl (C=O) groups is 1. The number of β-amino-alcohol motifs (C(OH)–C–C–N with tert-alkyl or cyclic N) is 1. The Balaban J connectivity index is 1.46. The van der Waals surface area contributed by atoms with Crippen LogP contribution < -0.4 is 0 Å². The lowest BCUT2D eigenvalue weighted by molar-refractivity contribution is -0.0286. The van der Waals surface area contributed by atoms with Crippen molar-refractivity contribution in [3.8, 4) is 0 Å². The summed E-state index contributed by atoms with van der Waals surface area (Å²) in [4.78, 5) is 22.1. The number of aryl methyl sites for hydroxylation is 1. The van der Waals surface area contributed by atoms with Crippen LogP contribution in [0.25, 0.3) is 0 Å². The number of hydrogen-bond donors (Lipinski definition) is 2. The van der Waals surface area contributed by atoms with Crippen LogP contribution in [0.1, 0.15) is 66.3 Å². The van der Waals surface area contributed by atoms with Crippen molar-refractivity contribution >= 4 is 5.91 Å². The molecule has 1 aliphatic carbocycles. The van der Waals surface area contributed by atoms with E-state index in [1.54, 1.807) is 11.1 Å². The highest BCUT2D eigenvalue weighted by Gasteiger charge is 2.38. The first-order chi connectivity index (χ1) is 12.1. The van der Waals surface area contributed by atoms with Crippen molar-refractivity contribution in [1.29, 1.82) is 0 Å².